The number of benzene rings is 1. The van der Waals surface area contributed by atoms with Crippen LogP contribution in [0.25, 0.3) is 0 Å². The predicted molar refractivity (Wildman–Crippen MR) is 77.8 cm³/mol. The Labute approximate surface area is 124 Å². The normalized spacial score (nSPS) is 15.5. The van der Waals surface area contributed by atoms with E-state index in [2.05, 4.69) is 5.32 Å². The van der Waals surface area contributed by atoms with Gasteiger partial charge in [-0.2, -0.15) is 5.26 Å². The van der Waals surface area contributed by atoms with Crippen LogP contribution in [-0.4, -0.2) is 30.9 Å². The Hall–Kier alpha value is -1.93. The zero-order chi connectivity index (χ0) is 15.2. The first-order valence-corrected chi connectivity index (χ1v) is 7.23. The first-order chi connectivity index (χ1) is 10.1. The number of halogens is 1. The third kappa shape index (κ3) is 4.27. The largest absolute Gasteiger partial charge is 0.341 e. The van der Waals surface area contributed by atoms with Crippen LogP contribution in [0.4, 0.5) is 4.39 Å². The first kappa shape index (κ1) is 15.5. The van der Waals surface area contributed by atoms with Gasteiger partial charge in [0.05, 0.1) is 11.6 Å². The minimum atomic E-state index is -0.379. The fourth-order valence-corrected chi connectivity index (χ4v) is 2.60. The summed E-state index contributed by atoms with van der Waals surface area (Å²) < 4.78 is 13.7. The van der Waals surface area contributed by atoms with E-state index in [4.69, 9.17) is 5.26 Å². The second kappa shape index (κ2) is 7.19. The maximum Gasteiger partial charge on any atom is 0.222 e. The average Bonchev–Trinajstić information content (AvgIpc) is 2.50. The number of hydrogen-bond donors (Lipinski definition) is 1. The van der Waals surface area contributed by atoms with E-state index in [-0.39, 0.29) is 18.3 Å². The van der Waals surface area contributed by atoms with Gasteiger partial charge in [-0.3, -0.25) is 4.79 Å². The molecule has 0 atom stereocenters. The van der Waals surface area contributed by atoms with Gasteiger partial charge in [0.15, 0.2) is 0 Å². The highest BCUT2D eigenvalue weighted by Crippen LogP contribution is 2.18. The summed E-state index contributed by atoms with van der Waals surface area (Å²) in [6.45, 7) is 2.12. The van der Waals surface area contributed by atoms with Crippen molar-refractivity contribution in [3.05, 3.63) is 35.1 Å². The van der Waals surface area contributed by atoms with Crippen molar-refractivity contribution in [2.24, 2.45) is 5.92 Å². The van der Waals surface area contributed by atoms with Gasteiger partial charge in [0, 0.05) is 25.6 Å². The minimum absolute atomic E-state index is 0.0312. The number of carbonyl (C=O) groups is 1. The highest BCUT2D eigenvalue weighted by atomic mass is 19.1. The van der Waals surface area contributed by atoms with Gasteiger partial charge >= 0.3 is 0 Å². The summed E-state index contributed by atoms with van der Waals surface area (Å²) in [5, 5.41) is 12.1. The van der Waals surface area contributed by atoms with Crippen molar-refractivity contribution in [1.29, 1.82) is 5.26 Å². The van der Waals surface area contributed by atoms with E-state index in [1.54, 1.807) is 11.9 Å². The van der Waals surface area contributed by atoms with Crippen molar-refractivity contribution in [3.63, 3.8) is 0 Å². The molecule has 5 heteroatoms. The van der Waals surface area contributed by atoms with Gasteiger partial charge < -0.3 is 10.2 Å². The van der Waals surface area contributed by atoms with Crippen molar-refractivity contribution in [1.82, 2.24) is 10.2 Å². The van der Waals surface area contributed by atoms with E-state index in [0.29, 0.717) is 23.5 Å². The number of hydrogen-bond acceptors (Lipinski definition) is 3. The van der Waals surface area contributed by atoms with E-state index >= 15 is 0 Å². The third-order valence-electron chi connectivity index (χ3n) is 3.93. The van der Waals surface area contributed by atoms with Gasteiger partial charge in [-0.05, 0) is 50.0 Å². The molecule has 1 aliphatic heterocycles. The van der Waals surface area contributed by atoms with Crippen molar-refractivity contribution in [3.8, 4) is 6.07 Å². The number of nitriles is 1. The molecular weight excluding hydrogens is 269 g/mol. The van der Waals surface area contributed by atoms with Gasteiger partial charge in [-0.1, -0.05) is 0 Å². The molecule has 21 heavy (non-hydrogen) atoms. The molecule has 1 fully saturated rings. The molecule has 1 aliphatic rings. The van der Waals surface area contributed by atoms with Crippen molar-refractivity contribution >= 4 is 5.91 Å². The minimum Gasteiger partial charge on any atom is -0.341 e. The molecular formula is C16H20FN3O. The second-order valence-electron chi connectivity index (χ2n) is 5.57. The van der Waals surface area contributed by atoms with Gasteiger partial charge in [0.2, 0.25) is 5.91 Å². The molecule has 4 nitrogen and oxygen atoms in total. The molecule has 1 aromatic rings. The molecule has 1 N–H and O–H groups in total. The van der Waals surface area contributed by atoms with Gasteiger partial charge in [0.1, 0.15) is 5.82 Å². The zero-order valence-electron chi connectivity index (χ0n) is 12.2. The number of nitrogens with one attached hydrogen (secondary N) is 1. The molecule has 1 heterocycles. The van der Waals surface area contributed by atoms with Crippen molar-refractivity contribution < 1.29 is 9.18 Å². The van der Waals surface area contributed by atoms with Crippen LogP contribution in [0.3, 0.4) is 0 Å². The van der Waals surface area contributed by atoms with Crippen LogP contribution < -0.4 is 5.32 Å². The Morgan fingerprint density at radius 2 is 2.19 bits per heavy atom. The summed E-state index contributed by atoms with van der Waals surface area (Å²) >= 11 is 0. The molecule has 1 aromatic carbocycles. The van der Waals surface area contributed by atoms with E-state index in [0.717, 1.165) is 25.9 Å². The van der Waals surface area contributed by atoms with Crippen LogP contribution in [0.2, 0.25) is 0 Å². The zero-order valence-corrected chi connectivity index (χ0v) is 12.2. The smallest absolute Gasteiger partial charge is 0.222 e. The number of amides is 1. The lowest BCUT2D eigenvalue weighted by Gasteiger charge is -2.25. The summed E-state index contributed by atoms with van der Waals surface area (Å²) in [4.78, 5) is 13.7. The Kier molecular flexibility index (Phi) is 5.29. The van der Waals surface area contributed by atoms with Crippen LogP contribution >= 0.6 is 0 Å². The fourth-order valence-electron chi connectivity index (χ4n) is 2.60. The van der Waals surface area contributed by atoms with Crippen molar-refractivity contribution in [2.75, 3.05) is 20.1 Å². The first-order valence-electron chi connectivity index (χ1n) is 7.23. The van der Waals surface area contributed by atoms with Gasteiger partial charge in [-0.15, -0.1) is 0 Å². The summed E-state index contributed by atoms with van der Waals surface area (Å²) in [6.07, 6.45) is 2.54. The lowest BCUT2D eigenvalue weighted by molar-refractivity contribution is -0.131. The lowest BCUT2D eigenvalue weighted by atomic mass is 9.94. The maximum absolute atomic E-state index is 13.7. The summed E-state index contributed by atoms with van der Waals surface area (Å²) in [6, 6.07) is 6.21. The lowest BCUT2D eigenvalue weighted by Crippen LogP contribution is -2.33. The number of piperidine rings is 1. The predicted octanol–water partition coefficient (Wildman–Crippen LogP) is 2.05. The highest BCUT2D eigenvalue weighted by Gasteiger charge is 2.19. The van der Waals surface area contributed by atoms with Gasteiger partial charge in [-0.25, -0.2) is 4.39 Å². The van der Waals surface area contributed by atoms with Crippen LogP contribution in [0.5, 0.6) is 0 Å². The Morgan fingerprint density at radius 3 is 2.86 bits per heavy atom. The summed E-state index contributed by atoms with van der Waals surface area (Å²) in [5.74, 6) is 0.0654. The average molecular weight is 289 g/mol. The quantitative estimate of drug-likeness (QED) is 0.923. The highest BCUT2D eigenvalue weighted by molar-refractivity contribution is 5.76. The molecule has 2 rings (SSSR count). The summed E-state index contributed by atoms with van der Waals surface area (Å²) in [7, 11) is 1.68. The van der Waals surface area contributed by atoms with Crippen LogP contribution in [0.15, 0.2) is 18.2 Å². The standard InChI is InChI=1S/C16H20FN3O/c1-20(16(21)9-12-4-6-19-7-5-12)11-14-8-13(10-18)2-3-15(14)17/h2-3,8,12,19H,4-7,9,11H2,1H3. The Balaban J connectivity index is 1.95. The molecule has 0 saturated carbocycles. The fraction of sp³-hybridized carbons (Fsp3) is 0.500. The second-order valence-corrected chi connectivity index (χ2v) is 5.57. The molecule has 1 saturated heterocycles. The van der Waals surface area contributed by atoms with Crippen molar-refractivity contribution in [2.45, 2.75) is 25.8 Å². The summed E-state index contributed by atoms with van der Waals surface area (Å²) in [5.41, 5.74) is 0.792. The maximum atomic E-state index is 13.7. The molecule has 1 amide bonds. The van der Waals surface area contributed by atoms with E-state index in [1.807, 2.05) is 6.07 Å². The number of carbonyl (C=O) groups excluding carboxylic acids is 1. The number of rotatable bonds is 4. The SMILES string of the molecule is CN(Cc1cc(C#N)ccc1F)C(=O)CC1CCNCC1. The molecule has 112 valence electrons. The Bertz CT molecular complexity index is 547. The van der Waals surface area contributed by atoms with E-state index < -0.39 is 0 Å². The van der Waals surface area contributed by atoms with E-state index in [1.165, 1.54) is 18.2 Å². The molecule has 0 bridgehead atoms. The van der Waals surface area contributed by atoms with E-state index in [9.17, 15) is 9.18 Å². The number of nitrogens with zero attached hydrogens (tertiary/aromatic N) is 2. The molecule has 0 unspecified atom stereocenters. The monoisotopic (exact) mass is 289 g/mol. The van der Waals surface area contributed by atoms with Gasteiger partial charge in [0.25, 0.3) is 0 Å². The molecule has 0 aliphatic carbocycles. The topological polar surface area (TPSA) is 56.1 Å². The van der Waals surface area contributed by atoms with Crippen LogP contribution in [-0.2, 0) is 11.3 Å². The molecule has 0 radical (unpaired) electrons. The Morgan fingerprint density at radius 1 is 1.48 bits per heavy atom. The third-order valence-corrected chi connectivity index (χ3v) is 3.93. The van der Waals surface area contributed by atoms with Crippen LogP contribution in [0.1, 0.15) is 30.4 Å². The molecule has 0 aromatic heterocycles. The molecule has 0 spiro atoms. The van der Waals surface area contributed by atoms with Crippen LogP contribution in [0, 0.1) is 23.1 Å².